The third-order valence-electron chi connectivity index (χ3n) is 2.16. The highest BCUT2D eigenvalue weighted by molar-refractivity contribution is 7.89. The highest BCUT2D eigenvalue weighted by Gasteiger charge is 2.22. The van der Waals surface area contributed by atoms with Crippen LogP contribution in [0.1, 0.15) is 13.8 Å². The van der Waals surface area contributed by atoms with E-state index in [9.17, 15) is 13.2 Å². The molecule has 18 heavy (non-hydrogen) atoms. The molecule has 1 aromatic rings. The molecule has 0 aliphatic carbocycles. The highest BCUT2D eigenvalue weighted by Crippen LogP contribution is 2.12. The van der Waals surface area contributed by atoms with E-state index in [2.05, 4.69) is 4.72 Å². The van der Waals surface area contributed by atoms with Gasteiger partial charge in [0.25, 0.3) is 0 Å². The molecular formula is C11H16N2O4S. The monoisotopic (exact) mass is 272 g/mol. The minimum Gasteiger partial charge on any atom is -0.465 e. The number of ether oxygens (including phenoxy) is 1. The molecule has 1 rings (SSSR count). The summed E-state index contributed by atoms with van der Waals surface area (Å²) < 4.78 is 30.8. The molecule has 1 atom stereocenters. The number of sulfonamides is 1. The number of nitrogen functional groups attached to an aromatic ring is 1. The van der Waals surface area contributed by atoms with E-state index in [1.807, 2.05) is 0 Å². The Morgan fingerprint density at radius 3 is 2.44 bits per heavy atom. The molecule has 0 spiro atoms. The second kappa shape index (κ2) is 5.83. The Balaban J connectivity index is 2.82. The van der Waals surface area contributed by atoms with Gasteiger partial charge in [0, 0.05) is 5.69 Å². The minimum atomic E-state index is -3.75. The predicted octanol–water partition coefficient (Wildman–Crippen LogP) is 0.499. The van der Waals surface area contributed by atoms with Crippen LogP contribution in [0.25, 0.3) is 0 Å². The molecule has 0 aromatic heterocycles. The number of hydrogen-bond donors (Lipinski definition) is 2. The van der Waals surface area contributed by atoms with Crippen molar-refractivity contribution in [1.82, 2.24) is 4.72 Å². The quantitative estimate of drug-likeness (QED) is 0.600. The number of benzene rings is 1. The molecular weight excluding hydrogens is 256 g/mol. The molecule has 7 heteroatoms. The second-order valence-electron chi connectivity index (χ2n) is 3.66. The molecule has 1 aromatic carbocycles. The largest absolute Gasteiger partial charge is 0.465 e. The van der Waals surface area contributed by atoms with Gasteiger partial charge in [0.2, 0.25) is 10.0 Å². The van der Waals surface area contributed by atoms with Gasteiger partial charge in [0.15, 0.2) is 0 Å². The van der Waals surface area contributed by atoms with Gasteiger partial charge < -0.3 is 10.5 Å². The summed E-state index contributed by atoms with van der Waals surface area (Å²) in [5.41, 5.74) is 5.93. The van der Waals surface area contributed by atoms with E-state index in [1.54, 1.807) is 6.92 Å². The number of anilines is 1. The van der Waals surface area contributed by atoms with Crippen LogP contribution in [-0.4, -0.2) is 27.0 Å². The Bertz CT molecular complexity index is 510. The SMILES string of the molecule is CCOC(=O)[C@@H](C)NS(=O)(=O)c1ccc(N)cc1. The van der Waals surface area contributed by atoms with Gasteiger partial charge in [-0.05, 0) is 38.1 Å². The number of carbonyl (C=O) groups excluding carboxylic acids is 1. The number of hydrogen-bond acceptors (Lipinski definition) is 5. The number of rotatable bonds is 5. The zero-order valence-electron chi connectivity index (χ0n) is 10.2. The molecule has 0 bridgehead atoms. The molecule has 3 N–H and O–H groups in total. The highest BCUT2D eigenvalue weighted by atomic mass is 32.2. The Morgan fingerprint density at radius 1 is 1.39 bits per heavy atom. The molecule has 0 aliphatic rings. The Labute approximate surface area is 106 Å². The van der Waals surface area contributed by atoms with Crippen LogP contribution in [0.15, 0.2) is 29.2 Å². The van der Waals surface area contributed by atoms with Crippen LogP contribution in [0.2, 0.25) is 0 Å². The summed E-state index contributed by atoms with van der Waals surface area (Å²) in [6.45, 7) is 3.28. The third kappa shape index (κ3) is 3.71. The molecule has 0 radical (unpaired) electrons. The summed E-state index contributed by atoms with van der Waals surface area (Å²) in [7, 11) is -3.75. The van der Waals surface area contributed by atoms with Gasteiger partial charge in [-0.15, -0.1) is 0 Å². The molecule has 0 fully saturated rings. The van der Waals surface area contributed by atoms with Crippen molar-refractivity contribution in [3.05, 3.63) is 24.3 Å². The third-order valence-corrected chi connectivity index (χ3v) is 3.72. The summed E-state index contributed by atoms with van der Waals surface area (Å²) in [6, 6.07) is 4.76. The topological polar surface area (TPSA) is 98.5 Å². The van der Waals surface area contributed by atoms with Crippen LogP contribution in [0, 0.1) is 0 Å². The van der Waals surface area contributed by atoms with Gasteiger partial charge in [0.05, 0.1) is 11.5 Å². The van der Waals surface area contributed by atoms with Gasteiger partial charge in [-0.3, -0.25) is 4.79 Å². The van der Waals surface area contributed by atoms with E-state index in [0.29, 0.717) is 5.69 Å². The lowest BCUT2D eigenvalue weighted by Gasteiger charge is -2.13. The zero-order valence-corrected chi connectivity index (χ0v) is 11.0. The molecule has 0 unspecified atom stereocenters. The summed E-state index contributed by atoms with van der Waals surface area (Å²) in [6.07, 6.45) is 0. The van der Waals surface area contributed by atoms with Crippen molar-refractivity contribution in [2.75, 3.05) is 12.3 Å². The fraction of sp³-hybridized carbons (Fsp3) is 0.364. The number of nitrogens with two attached hydrogens (primary N) is 1. The van der Waals surface area contributed by atoms with Crippen LogP contribution in [-0.2, 0) is 19.6 Å². The van der Waals surface area contributed by atoms with Crippen LogP contribution in [0.5, 0.6) is 0 Å². The second-order valence-corrected chi connectivity index (χ2v) is 5.38. The first-order valence-corrected chi connectivity index (χ1v) is 6.89. The van der Waals surface area contributed by atoms with Crippen molar-refractivity contribution in [3.8, 4) is 0 Å². The normalized spacial score (nSPS) is 13.0. The van der Waals surface area contributed by atoms with Crippen LogP contribution in [0.4, 0.5) is 5.69 Å². The lowest BCUT2D eigenvalue weighted by Crippen LogP contribution is -2.39. The number of nitrogens with one attached hydrogen (secondary N) is 1. The maximum Gasteiger partial charge on any atom is 0.323 e. The van der Waals surface area contributed by atoms with Crippen molar-refractivity contribution >= 4 is 21.7 Å². The van der Waals surface area contributed by atoms with Gasteiger partial charge in [0.1, 0.15) is 6.04 Å². The summed E-state index contributed by atoms with van der Waals surface area (Å²) in [4.78, 5) is 11.4. The zero-order chi connectivity index (χ0) is 13.8. The van der Waals surface area contributed by atoms with E-state index in [-0.39, 0.29) is 11.5 Å². The molecule has 0 amide bonds. The molecule has 0 aliphatic heterocycles. The van der Waals surface area contributed by atoms with Crippen molar-refractivity contribution in [3.63, 3.8) is 0 Å². The van der Waals surface area contributed by atoms with Crippen LogP contribution >= 0.6 is 0 Å². The summed E-state index contributed by atoms with van der Waals surface area (Å²) in [5, 5.41) is 0. The summed E-state index contributed by atoms with van der Waals surface area (Å²) >= 11 is 0. The van der Waals surface area contributed by atoms with Crippen molar-refractivity contribution < 1.29 is 17.9 Å². The molecule has 6 nitrogen and oxygen atoms in total. The molecule has 0 saturated heterocycles. The fourth-order valence-corrected chi connectivity index (χ4v) is 2.46. The van der Waals surface area contributed by atoms with Crippen molar-refractivity contribution in [2.45, 2.75) is 24.8 Å². The molecule has 100 valence electrons. The van der Waals surface area contributed by atoms with E-state index in [4.69, 9.17) is 10.5 Å². The molecule has 0 saturated carbocycles. The van der Waals surface area contributed by atoms with Gasteiger partial charge in [-0.2, -0.15) is 4.72 Å². The number of esters is 1. The maximum atomic E-state index is 11.9. The minimum absolute atomic E-state index is 0.0489. The maximum absolute atomic E-state index is 11.9. The lowest BCUT2D eigenvalue weighted by atomic mass is 10.3. The van der Waals surface area contributed by atoms with Crippen molar-refractivity contribution in [2.24, 2.45) is 0 Å². The number of carbonyl (C=O) groups is 1. The first-order chi connectivity index (χ1) is 8.36. The van der Waals surface area contributed by atoms with E-state index >= 15 is 0 Å². The average molecular weight is 272 g/mol. The fourth-order valence-electron chi connectivity index (χ4n) is 1.26. The van der Waals surface area contributed by atoms with Crippen molar-refractivity contribution in [1.29, 1.82) is 0 Å². The predicted molar refractivity (Wildman–Crippen MR) is 67.3 cm³/mol. The average Bonchev–Trinajstić information content (AvgIpc) is 2.29. The van der Waals surface area contributed by atoms with E-state index < -0.39 is 22.0 Å². The van der Waals surface area contributed by atoms with Crippen LogP contribution in [0.3, 0.4) is 0 Å². The standard InChI is InChI=1S/C11H16N2O4S/c1-3-17-11(14)8(2)13-18(15,16)10-6-4-9(12)5-7-10/h4-8,13H,3,12H2,1-2H3/t8-/m1/s1. The Hall–Kier alpha value is -1.60. The van der Waals surface area contributed by atoms with Gasteiger partial charge in [-0.1, -0.05) is 0 Å². The summed E-state index contributed by atoms with van der Waals surface area (Å²) in [5.74, 6) is -0.614. The first kappa shape index (κ1) is 14.5. The first-order valence-electron chi connectivity index (χ1n) is 5.41. The van der Waals surface area contributed by atoms with E-state index in [0.717, 1.165) is 0 Å². The Kier molecular flexibility index (Phi) is 4.69. The van der Waals surface area contributed by atoms with Crippen LogP contribution < -0.4 is 10.5 Å². The van der Waals surface area contributed by atoms with Gasteiger partial charge in [-0.25, -0.2) is 8.42 Å². The van der Waals surface area contributed by atoms with Gasteiger partial charge >= 0.3 is 5.97 Å². The Morgan fingerprint density at radius 2 is 1.94 bits per heavy atom. The van der Waals surface area contributed by atoms with E-state index in [1.165, 1.54) is 31.2 Å². The smallest absolute Gasteiger partial charge is 0.323 e. The lowest BCUT2D eigenvalue weighted by molar-refractivity contribution is -0.144. The molecule has 0 heterocycles.